The minimum Gasteiger partial charge on any atom is -0.343 e. The average molecular weight is 854 g/mol. The molecule has 2 amide bonds. The zero-order valence-corrected chi connectivity index (χ0v) is 36.7. The number of rotatable bonds is 11. The van der Waals surface area contributed by atoms with Crippen molar-refractivity contribution in [3.63, 3.8) is 0 Å². The molecule has 2 N–H and O–H groups in total. The van der Waals surface area contributed by atoms with Crippen LogP contribution in [0.4, 0.5) is 0 Å². The molecule has 5 heterocycles. The van der Waals surface area contributed by atoms with Crippen LogP contribution in [0.2, 0.25) is 5.02 Å². The summed E-state index contributed by atoms with van der Waals surface area (Å²) in [7, 11) is 2.23. The summed E-state index contributed by atoms with van der Waals surface area (Å²) < 4.78 is 3.96. The number of halogens is 1. The van der Waals surface area contributed by atoms with E-state index >= 15 is 0 Å². The number of nitrogens with zero attached hydrogens (tertiary/aromatic N) is 10. The minimum absolute atomic E-state index is 0.0167. The van der Waals surface area contributed by atoms with Crippen molar-refractivity contribution < 1.29 is 9.59 Å². The van der Waals surface area contributed by atoms with Crippen LogP contribution < -0.4 is 10.6 Å². The molecule has 6 atom stereocenters. The molecule has 14 nitrogen and oxygen atoms in total. The first-order valence-corrected chi connectivity index (χ1v) is 23.2. The summed E-state index contributed by atoms with van der Waals surface area (Å²) in [5.41, 5.74) is 3.37. The van der Waals surface area contributed by atoms with Gasteiger partial charge in [-0.25, -0.2) is 9.97 Å². The second-order valence-corrected chi connectivity index (χ2v) is 18.4. The molecule has 2 saturated carbocycles. The highest BCUT2D eigenvalue weighted by Gasteiger charge is 2.36. The molecule has 5 aliphatic rings. The van der Waals surface area contributed by atoms with Crippen LogP contribution in [0.5, 0.6) is 0 Å². The first-order chi connectivity index (χ1) is 29.9. The van der Waals surface area contributed by atoms with Crippen LogP contribution >= 0.6 is 11.6 Å². The maximum atomic E-state index is 14.0. The van der Waals surface area contributed by atoms with Crippen molar-refractivity contribution in [2.24, 2.45) is 11.8 Å². The molecule has 9 rings (SSSR count). The molecule has 0 spiro atoms. The Morgan fingerprint density at radius 1 is 0.738 bits per heavy atom. The second kappa shape index (κ2) is 21.2. The van der Waals surface area contributed by atoms with Gasteiger partial charge in [0.1, 0.15) is 31.4 Å². The Morgan fingerprint density at radius 3 is 1.87 bits per heavy atom. The van der Waals surface area contributed by atoms with Gasteiger partial charge in [-0.1, -0.05) is 73.7 Å². The van der Waals surface area contributed by atoms with E-state index in [2.05, 4.69) is 64.7 Å². The summed E-state index contributed by atoms with van der Waals surface area (Å²) in [6.07, 6.45) is 18.3. The Morgan fingerprint density at radius 2 is 1.30 bits per heavy atom. The molecule has 2 saturated heterocycles. The quantitative estimate of drug-likeness (QED) is 0.227. The number of benzene rings is 2. The van der Waals surface area contributed by atoms with E-state index in [0.29, 0.717) is 49.5 Å². The summed E-state index contributed by atoms with van der Waals surface area (Å²) in [6, 6.07) is 16.0. The Labute approximate surface area is 366 Å². The van der Waals surface area contributed by atoms with Gasteiger partial charge in [-0.15, -0.1) is 0 Å². The number of amides is 2. The SMILES string of the molecule is CN1CCN(C2CCCCC2Cn2cncn2)CC1.O=C(N[C@H](Cc1ccc(Cl)cc1)C(=O)N1CCN(C2CCCCC2Cn2cncn2)CC1)[C@H]1Cc2ccccc2CN1. The Bertz CT molecular complexity index is 1950. The first-order valence-electron chi connectivity index (χ1n) is 22.8. The predicted molar refractivity (Wildman–Crippen MR) is 237 cm³/mol. The maximum absolute atomic E-state index is 14.0. The highest BCUT2D eigenvalue weighted by atomic mass is 35.5. The van der Waals surface area contributed by atoms with E-state index in [-0.39, 0.29) is 17.9 Å². The zero-order chi connectivity index (χ0) is 42.0. The third kappa shape index (κ3) is 11.6. The first kappa shape index (κ1) is 43.4. The Balaban J connectivity index is 0.000000225. The van der Waals surface area contributed by atoms with Crippen LogP contribution in [0.3, 0.4) is 0 Å². The molecular formula is C46H65ClN12O2. The smallest absolute Gasteiger partial charge is 0.245 e. The largest absolute Gasteiger partial charge is 0.343 e. The number of hydrogen-bond acceptors (Lipinski definition) is 10. The predicted octanol–water partition coefficient (Wildman–Crippen LogP) is 4.16. The van der Waals surface area contributed by atoms with Crippen LogP contribution in [0.25, 0.3) is 0 Å². The summed E-state index contributed by atoms with van der Waals surface area (Å²) in [5, 5.41) is 15.8. The van der Waals surface area contributed by atoms with Gasteiger partial charge in [0.25, 0.3) is 0 Å². The van der Waals surface area contributed by atoms with Gasteiger partial charge < -0.3 is 20.4 Å². The number of fused-ring (bicyclic) bond motifs is 1. The van der Waals surface area contributed by atoms with Crippen molar-refractivity contribution in [1.29, 1.82) is 0 Å². The van der Waals surface area contributed by atoms with Gasteiger partial charge in [-0.2, -0.15) is 10.2 Å². The molecule has 2 aromatic carbocycles. The third-order valence-corrected chi connectivity index (χ3v) is 14.2. The fraction of sp³-hybridized carbons (Fsp3) is 0.609. The molecule has 4 fully saturated rings. The third-order valence-electron chi connectivity index (χ3n) is 14.0. The van der Waals surface area contributed by atoms with Crippen molar-refractivity contribution in [1.82, 2.24) is 59.8 Å². The van der Waals surface area contributed by atoms with E-state index in [1.54, 1.807) is 19.0 Å². The molecule has 0 bridgehead atoms. The van der Waals surface area contributed by atoms with Gasteiger partial charge in [0.2, 0.25) is 11.8 Å². The lowest BCUT2D eigenvalue weighted by Crippen LogP contribution is -2.59. The topological polar surface area (TPSA) is 133 Å². The Hall–Kier alpha value is -4.21. The normalized spacial score (nSPS) is 25.8. The highest BCUT2D eigenvalue weighted by molar-refractivity contribution is 6.30. The number of likely N-dealkylation sites (N-methyl/N-ethyl adjacent to an activating group) is 1. The van der Waals surface area contributed by atoms with Crippen LogP contribution in [0, 0.1) is 11.8 Å². The van der Waals surface area contributed by atoms with Gasteiger partial charge in [0.05, 0.1) is 6.04 Å². The molecule has 328 valence electrons. The fourth-order valence-corrected chi connectivity index (χ4v) is 10.6. The molecule has 3 aliphatic heterocycles. The van der Waals surface area contributed by atoms with Gasteiger partial charge in [-0.05, 0) is 79.8 Å². The lowest BCUT2D eigenvalue weighted by molar-refractivity contribution is -0.139. The summed E-state index contributed by atoms with van der Waals surface area (Å²) in [5.74, 6) is 1.14. The van der Waals surface area contributed by atoms with Gasteiger partial charge >= 0.3 is 0 Å². The molecule has 0 radical (unpaired) electrons. The summed E-state index contributed by atoms with van der Waals surface area (Å²) in [4.78, 5) is 45.3. The van der Waals surface area contributed by atoms with E-state index in [1.807, 2.05) is 57.0 Å². The molecule has 4 aromatic rings. The van der Waals surface area contributed by atoms with E-state index in [4.69, 9.17) is 11.6 Å². The Kier molecular flexibility index (Phi) is 15.1. The van der Waals surface area contributed by atoms with Gasteiger partial charge in [0.15, 0.2) is 0 Å². The van der Waals surface area contributed by atoms with Gasteiger partial charge in [-0.3, -0.25) is 28.8 Å². The van der Waals surface area contributed by atoms with Gasteiger partial charge in [0, 0.05) is 95.5 Å². The number of hydrogen-bond donors (Lipinski definition) is 2. The maximum Gasteiger partial charge on any atom is 0.245 e. The minimum atomic E-state index is -0.640. The lowest BCUT2D eigenvalue weighted by atomic mass is 9.83. The fourth-order valence-electron chi connectivity index (χ4n) is 10.5. The number of carbonyl (C=O) groups excluding carboxylic acids is 2. The monoisotopic (exact) mass is 853 g/mol. The van der Waals surface area contributed by atoms with E-state index in [1.165, 1.54) is 88.7 Å². The lowest BCUT2D eigenvalue weighted by Gasteiger charge is -2.44. The summed E-state index contributed by atoms with van der Waals surface area (Å²) in [6.45, 7) is 10.5. The van der Waals surface area contributed by atoms with Crippen molar-refractivity contribution in [3.8, 4) is 0 Å². The standard InChI is InChI=1S/C32H40ClN7O2.C14H25N5/c33-27-11-9-23(10-12-27)17-29(37-31(41)28-18-24-5-1-2-6-25(24)19-35-28)32(42)39-15-13-38(14-16-39)30-8-4-3-7-26(30)20-40-22-34-21-36-40;1-17-6-8-18(9-7-17)14-5-3-2-4-13(14)10-19-12-15-11-16-19/h1-2,5-6,9-12,21-22,26,28-30,35H,3-4,7-8,13-20H2,(H,37,41);11-14H,2-10H2,1H3/t26?,28-,29-,30?;/m1./s1. The molecule has 4 unspecified atom stereocenters. The zero-order valence-electron chi connectivity index (χ0n) is 35.9. The number of nitrogens with one attached hydrogen (secondary N) is 2. The molecule has 61 heavy (non-hydrogen) atoms. The molecule has 15 heteroatoms. The molecular weight excluding hydrogens is 788 g/mol. The van der Waals surface area contributed by atoms with Crippen LogP contribution in [-0.2, 0) is 42.1 Å². The van der Waals surface area contributed by atoms with Crippen molar-refractivity contribution in [2.45, 2.75) is 108 Å². The van der Waals surface area contributed by atoms with Crippen molar-refractivity contribution in [2.75, 3.05) is 59.4 Å². The van der Waals surface area contributed by atoms with E-state index in [0.717, 1.165) is 43.7 Å². The molecule has 2 aromatic heterocycles. The number of aromatic nitrogens is 6. The number of carbonyl (C=O) groups is 2. The summed E-state index contributed by atoms with van der Waals surface area (Å²) >= 11 is 6.12. The van der Waals surface area contributed by atoms with Crippen molar-refractivity contribution >= 4 is 23.4 Å². The second-order valence-electron chi connectivity index (χ2n) is 18.0. The van der Waals surface area contributed by atoms with Crippen LogP contribution in [0.1, 0.15) is 68.1 Å². The number of piperazine rings is 2. The van der Waals surface area contributed by atoms with Crippen LogP contribution in [0.15, 0.2) is 73.8 Å². The van der Waals surface area contributed by atoms with Crippen LogP contribution in [-0.4, -0.2) is 145 Å². The van der Waals surface area contributed by atoms with E-state index in [9.17, 15) is 9.59 Å². The average Bonchev–Trinajstić information content (AvgIpc) is 4.03. The highest BCUT2D eigenvalue weighted by Crippen LogP contribution is 2.32. The van der Waals surface area contributed by atoms with E-state index < -0.39 is 6.04 Å². The molecule has 2 aliphatic carbocycles. The van der Waals surface area contributed by atoms with Crippen molar-refractivity contribution in [3.05, 3.63) is 95.6 Å².